The number of aromatic nitrogens is 1. The second-order valence-electron chi connectivity index (χ2n) is 4.82. The molecule has 0 aromatic carbocycles. The standard InChI is InChI=1S/C12H22N2O/c1-9(2)6-10(3)14(5)8-12-7-11(4)15-13-12/h7,9-10H,6,8H2,1-5H3/t10-/m0/s1. The minimum atomic E-state index is 0.585. The molecule has 0 bridgehead atoms. The van der Waals surface area contributed by atoms with Crippen molar-refractivity contribution in [1.29, 1.82) is 0 Å². The molecule has 0 N–H and O–H groups in total. The third-order valence-corrected chi connectivity index (χ3v) is 2.65. The van der Waals surface area contributed by atoms with Crippen LogP contribution in [0.15, 0.2) is 10.6 Å². The summed E-state index contributed by atoms with van der Waals surface area (Å²) in [6, 6.07) is 2.58. The highest BCUT2D eigenvalue weighted by molar-refractivity contribution is 5.03. The van der Waals surface area contributed by atoms with Gasteiger partial charge in [0, 0.05) is 18.7 Å². The van der Waals surface area contributed by atoms with Crippen molar-refractivity contribution in [3.05, 3.63) is 17.5 Å². The monoisotopic (exact) mass is 210 g/mol. The fourth-order valence-corrected chi connectivity index (χ4v) is 1.77. The molecular formula is C12H22N2O. The van der Waals surface area contributed by atoms with E-state index in [-0.39, 0.29) is 0 Å². The fourth-order valence-electron chi connectivity index (χ4n) is 1.77. The lowest BCUT2D eigenvalue weighted by Gasteiger charge is -2.25. The summed E-state index contributed by atoms with van der Waals surface area (Å²) in [4.78, 5) is 2.32. The Morgan fingerprint density at radius 2 is 2.07 bits per heavy atom. The van der Waals surface area contributed by atoms with Crippen molar-refractivity contribution in [3.63, 3.8) is 0 Å². The van der Waals surface area contributed by atoms with Gasteiger partial charge in [0.05, 0.1) is 5.69 Å². The molecule has 1 aromatic rings. The molecule has 0 aliphatic heterocycles. The Kier molecular flexibility index (Phi) is 4.33. The summed E-state index contributed by atoms with van der Waals surface area (Å²) >= 11 is 0. The first-order valence-corrected chi connectivity index (χ1v) is 5.61. The predicted octanol–water partition coefficient (Wildman–Crippen LogP) is 2.85. The van der Waals surface area contributed by atoms with E-state index in [0.717, 1.165) is 23.9 Å². The Hall–Kier alpha value is -0.830. The van der Waals surface area contributed by atoms with E-state index in [4.69, 9.17) is 4.52 Å². The van der Waals surface area contributed by atoms with Gasteiger partial charge in [-0.15, -0.1) is 0 Å². The Morgan fingerprint density at radius 3 is 2.53 bits per heavy atom. The predicted molar refractivity (Wildman–Crippen MR) is 61.6 cm³/mol. The Morgan fingerprint density at radius 1 is 1.40 bits per heavy atom. The summed E-state index contributed by atoms with van der Waals surface area (Å²) in [7, 11) is 2.14. The summed E-state index contributed by atoms with van der Waals surface area (Å²) < 4.78 is 5.05. The number of aryl methyl sites for hydroxylation is 1. The van der Waals surface area contributed by atoms with E-state index in [1.807, 2.05) is 13.0 Å². The van der Waals surface area contributed by atoms with Crippen LogP contribution in [0.4, 0.5) is 0 Å². The summed E-state index contributed by atoms with van der Waals surface area (Å²) in [5.41, 5.74) is 1.02. The molecular weight excluding hydrogens is 188 g/mol. The SMILES string of the molecule is Cc1cc(CN(C)[C@@H](C)CC(C)C)no1. The van der Waals surface area contributed by atoms with Gasteiger partial charge in [0.2, 0.25) is 0 Å². The third kappa shape index (κ3) is 4.04. The highest BCUT2D eigenvalue weighted by atomic mass is 16.5. The molecule has 0 saturated heterocycles. The van der Waals surface area contributed by atoms with Crippen LogP contribution in [0.25, 0.3) is 0 Å². The van der Waals surface area contributed by atoms with Gasteiger partial charge in [-0.1, -0.05) is 19.0 Å². The topological polar surface area (TPSA) is 29.3 Å². The summed E-state index contributed by atoms with van der Waals surface area (Å²) in [6.07, 6.45) is 1.22. The van der Waals surface area contributed by atoms with Gasteiger partial charge in [0.25, 0.3) is 0 Å². The number of hydrogen-bond acceptors (Lipinski definition) is 3. The molecule has 0 spiro atoms. The molecule has 86 valence electrons. The lowest BCUT2D eigenvalue weighted by Crippen LogP contribution is -2.29. The van der Waals surface area contributed by atoms with Gasteiger partial charge in [-0.3, -0.25) is 4.90 Å². The maximum Gasteiger partial charge on any atom is 0.133 e. The van der Waals surface area contributed by atoms with Gasteiger partial charge in [0.1, 0.15) is 5.76 Å². The molecule has 1 rings (SSSR count). The first-order valence-electron chi connectivity index (χ1n) is 5.61. The zero-order valence-corrected chi connectivity index (χ0v) is 10.4. The number of nitrogens with zero attached hydrogens (tertiary/aromatic N) is 2. The molecule has 0 saturated carbocycles. The minimum absolute atomic E-state index is 0.585. The normalized spacial score (nSPS) is 13.8. The zero-order chi connectivity index (χ0) is 11.4. The van der Waals surface area contributed by atoms with Crippen LogP contribution in [0.5, 0.6) is 0 Å². The summed E-state index contributed by atoms with van der Waals surface area (Å²) in [5, 5.41) is 4.00. The van der Waals surface area contributed by atoms with Crippen molar-refractivity contribution in [2.45, 2.75) is 46.7 Å². The summed E-state index contributed by atoms with van der Waals surface area (Å²) in [5.74, 6) is 1.62. The maximum absolute atomic E-state index is 5.05. The molecule has 0 fully saturated rings. The molecule has 1 atom stereocenters. The van der Waals surface area contributed by atoms with E-state index >= 15 is 0 Å². The first-order chi connectivity index (χ1) is 6.99. The average Bonchev–Trinajstić information content (AvgIpc) is 2.50. The van der Waals surface area contributed by atoms with Crippen molar-refractivity contribution in [1.82, 2.24) is 10.1 Å². The lowest BCUT2D eigenvalue weighted by atomic mass is 10.0. The van der Waals surface area contributed by atoms with Crippen LogP contribution in [0, 0.1) is 12.8 Å². The van der Waals surface area contributed by atoms with Crippen molar-refractivity contribution in [2.24, 2.45) is 5.92 Å². The second-order valence-corrected chi connectivity index (χ2v) is 4.82. The van der Waals surface area contributed by atoms with Gasteiger partial charge in [-0.25, -0.2) is 0 Å². The molecule has 3 nitrogen and oxygen atoms in total. The number of rotatable bonds is 5. The first kappa shape index (κ1) is 12.2. The van der Waals surface area contributed by atoms with E-state index < -0.39 is 0 Å². The van der Waals surface area contributed by atoms with Crippen molar-refractivity contribution in [2.75, 3.05) is 7.05 Å². The zero-order valence-electron chi connectivity index (χ0n) is 10.4. The third-order valence-electron chi connectivity index (χ3n) is 2.65. The van der Waals surface area contributed by atoms with Gasteiger partial charge in [-0.2, -0.15) is 0 Å². The van der Waals surface area contributed by atoms with Gasteiger partial charge >= 0.3 is 0 Å². The highest BCUT2D eigenvalue weighted by Crippen LogP contribution is 2.12. The van der Waals surface area contributed by atoms with Crippen molar-refractivity contribution < 1.29 is 4.52 Å². The molecule has 1 heterocycles. The minimum Gasteiger partial charge on any atom is -0.361 e. The Bertz CT molecular complexity index is 294. The highest BCUT2D eigenvalue weighted by Gasteiger charge is 2.12. The number of hydrogen-bond donors (Lipinski definition) is 0. The van der Waals surface area contributed by atoms with Crippen molar-refractivity contribution >= 4 is 0 Å². The maximum atomic E-state index is 5.05. The van der Waals surface area contributed by atoms with Gasteiger partial charge in [-0.05, 0) is 33.2 Å². The molecule has 0 amide bonds. The van der Waals surface area contributed by atoms with Crippen molar-refractivity contribution in [3.8, 4) is 0 Å². The quantitative estimate of drug-likeness (QED) is 0.748. The molecule has 3 heteroatoms. The van der Waals surface area contributed by atoms with Gasteiger partial charge in [0.15, 0.2) is 0 Å². The molecule has 15 heavy (non-hydrogen) atoms. The van der Waals surface area contributed by atoms with E-state index in [2.05, 4.69) is 37.9 Å². The second kappa shape index (κ2) is 5.31. The van der Waals surface area contributed by atoms with E-state index in [0.29, 0.717) is 6.04 Å². The molecule has 0 unspecified atom stereocenters. The lowest BCUT2D eigenvalue weighted by molar-refractivity contribution is 0.214. The van der Waals surface area contributed by atoms with Crippen LogP contribution in [0.1, 0.15) is 38.6 Å². The fraction of sp³-hybridized carbons (Fsp3) is 0.750. The molecule has 0 radical (unpaired) electrons. The molecule has 0 aliphatic carbocycles. The smallest absolute Gasteiger partial charge is 0.133 e. The Balaban J connectivity index is 2.44. The van der Waals surface area contributed by atoms with E-state index in [1.165, 1.54) is 6.42 Å². The molecule has 1 aromatic heterocycles. The molecule has 0 aliphatic rings. The van der Waals surface area contributed by atoms with Crippen LogP contribution in [0.3, 0.4) is 0 Å². The largest absolute Gasteiger partial charge is 0.361 e. The van der Waals surface area contributed by atoms with Crippen LogP contribution in [-0.2, 0) is 6.54 Å². The van der Waals surface area contributed by atoms with Crippen LogP contribution < -0.4 is 0 Å². The van der Waals surface area contributed by atoms with E-state index in [9.17, 15) is 0 Å². The van der Waals surface area contributed by atoms with Crippen LogP contribution in [0.2, 0.25) is 0 Å². The van der Waals surface area contributed by atoms with Gasteiger partial charge < -0.3 is 4.52 Å². The van der Waals surface area contributed by atoms with Crippen LogP contribution in [-0.4, -0.2) is 23.1 Å². The summed E-state index contributed by atoms with van der Waals surface area (Å²) in [6.45, 7) is 9.56. The average molecular weight is 210 g/mol. The Labute approximate surface area is 92.4 Å². The van der Waals surface area contributed by atoms with Crippen LogP contribution >= 0.6 is 0 Å². The van der Waals surface area contributed by atoms with E-state index in [1.54, 1.807) is 0 Å².